The standard InChI is InChI=1S/C23H22BrFN6S/c1-15-21(16(2)31(28-15)13-17-6-4-3-5-7-17)26-23(32)27-22-20(24)14-30(29-22)12-18-8-10-19(25)11-9-18/h3-11,14H,12-13H2,1-2H3,(H2,26,27,29,32). The largest absolute Gasteiger partial charge is 0.329 e. The van der Waals surface area contributed by atoms with E-state index in [1.807, 2.05) is 42.9 Å². The van der Waals surface area contributed by atoms with Crippen molar-refractivity contribution in [2.45, 2.75) is 26.9 Å². The molecule has 0 amide bonds. The minimum absolute atomic E-state index is 0.258. The van der Waals surface area contributed by atoms with Gasteiger partial charge in [-0.1, -0.05) is 42.5 Å². The van der Waals surface area contributed by atoms with E-state index in [9.17, 15) is 4.39 Å². The highest BCUT2D eigenvalue weighted by atomic mass is 79.9. The van der Waals surface area contributed by atoms with Gasteiger partial charge >= 0.3 is 0 Å². The third-order valence-electron chi connectivity index (χ3n) is 5.00. The second kappa shape index (κ2) is 9.62. The molecule has 4 aromatic rings. The number of aromatic nitrogens is 4. The number of nitrogens with one attached hydrogen (secondary N) is 2. The molecule has 2 aromatic carbocycles. The first-order valence-electron chi connectivity index (χ1n) is 10.0. The van der Waals surface area contributed by atoms with E-state index >= 15 is 0 Å². The van der Waals surface area contributed by atoms with Gasteiger partial charge in [0.2, 0.25) is 0 Å². The zero-order chi connectivity index (χ0) is 22.7. The van der Waals surface area contributed by atoms with Crippen molar-refractivity contribution in [3.63, 3.8) is 0 Å². The summed E-state index contributed by atoms with van der Waals surface area (Å²) in [7, 11) is 0. The summed E-state index contributed by atoms with van der Waals surface area (Å²) in [4.78, 5) is 0. The Labute approximate surface area is 199 Å². The van der Waals surface area contributed by atoms with Crippen LogP contribution in [-0.4, -0.2) is 24.7 Å². The number of hydrogen-bond donors (Lipinski definition) is 2. The summed E-state index contributed by atoms with van der Waals surface area (Å²) < 4.78 is 17.6. The first-order chi connectivity index (χ1) is 15.4. The Kier molecular flexibility index (Phi) is 6.66. The molecule has 2 aromatic heterocycles. The average molecular weight is 513 g/mol. The highest BCUT2D eigenvalue weighted by molar-refractivity contribution is 9.10. The molecule has 6 nitrogen and oxygen atoms in total. The summed E-state index contributed by atoms with van der Waals surface area (Å²) in [6.07, 6.45) is 1.85. The lowest BCUT2D eigenvalue weighted by molar-refractivity contribution is 0.624. The first-order valence-corrected chi connectivity index (χ1v) is 11.2. The van der Waals surface area contributed by atoms with Crippen molar-refractivity contribution in [1.29, 1.82) is 0 Å². The first kappa shape index (κ1) is 22.2. The molecule has 0 aliphatic rings. The molecule has 2 heterocycles. The molecule has 0 fully saturated rings. The Morgan fingerprint density at radius 1 is 0.969 bits per heavy atom. The Balaban J connectivity index is 1.43. The summed E-state index contributed by atoms with van der Waals surface area (Å²) in [5, 5.41) is 16.0. The van der Waals surface area contributed by atoms with Gasteiger partial charge in [-0.05, 0) is 65.3 Å². The average Bonchev–Trinajstić information content (AvgIpc) is 3.23. The van der Waals surface area contributed by atoms with Gasteiger partial charge < -0.3 is 10.6 Å². The number of nitrogens with zero attached hydrogens (tertiary/aromatic N) is 4. The van der Waals surface area contributed by atoms with Crippen LogP contribution in [0.4, 0.5) is 15.9 Å². The monoisotopic (exact) mass is 512 g/mol. The Morgan fingerprint density at radius 2 is 1.66 bits per heavy atom. The van der Waals surface area contributed by atoms with Crippen molar-refractivity contribution >= 4 is 44.8 Å². The van der Waals surface area contributed by atoms with Crippen LogP contribution in [0, 0.1) is 19.7 Å². The zero-order valence-electron chi connectivity index (χ0n) is 17.6. The lowest BCUT2D eigenvalue weighted by atomic mass is 10.2. The summed E-state index contributed by atoms with van der Waals surface area (Å²) in [6.45, 7) is 5.17. The normalized spacial score (nSPS) is 10.9. The fourth-order valence-corrected chi connectivity index (χ4v) is 3.99. The van der Waals surface area contributed by atoms with Crippen LogP contribution in [0.3, 0.4) is 0 Å². The van der Waals surface area contributed by atoms with Crippen molar-refractivity contribution in [3.8, 4) is 0 Å². The van der Waals surface area contributed by atoms with E-state index in [-0.39, 0.29) is 5.82 Å². The smallest absolute Gasteiger partial charge is 0.176 e. The summed E-state index contributed by atoms with van der Waals surface area (Å²) in [5.74, 6) is 0.337. The van der Waals surface area contributed by atoms with E-state index < -0.39 is 0 Å². The topological polar surface area (TPSA) is 59.7 Å². The Morgan fingerprint density at radius 3 is 2.38 bits per heavy atom. The van der Waals surface area contributed by atoms with Gasteiger partial charge in [-0.25, -0.2) is 4.39 Å². The van der Waals surface area contributed by atoms with Gasteiger partial charge in [0, 0.05) is 6.20 Å². The van der Waals surface area contributed by atoms with Crippen LogP contribution >= 0.6 is 28.1 Å². The SMILES string of the molecule is Cc1nn(Cc2ccccc2)c(C)c1NC(=S)Nc1nn(Cc2ccc(F)cc2)cc1Br. The molecule has 2 N–H and O–H groups in total. The van der Waals surface area contributed by atoms with Crippen molar-refractivity contribution in [1.82, 2.24) is 19.6 Å². The second-order valence-electron chi connectivity index (χ2n) is 7.42. The molecule has 0 aliphatic carbocycles. The van der Waals surface area contributed by atoms with Crippen molar-refractivity contribution < 1.29 is 4.39 Å². The number of benzene rings is 2. The molecule has 4 rings (SSSR count). The van der Waals surface area contributed by atoms with E-state index in [4.69, 9.17) is 12.2 Å². The number of hydrogen-bond acceptors (Lipinski definition) is 3. The van der Waals surface area contributed by atoms with Gasteiger partial charge in [0.05, 0.1) is 34.6 Å². The predicted molar refractivity (Wildman–Crippen MR) is 133 cm³/mol. The molecular weight excluding hydrogens is 491 g/mol. The molecule has 0 radical (unpaired) electrons. The fraction of sp³-hybridized carbons (Fsp3) is 0.174. The summed E-state index contributed by atoms with van der Waals surface area (Å²) in [5.41, 5.74) is 4.87. The van der Waals surface area contributed by atoms with Crippen LogP contribution in [0.25, 0.3) is 0 Å². The van der Waals surface area contributed by atoms with E-state index in [2.05, 4.69) is 48.9 Å². The van der Waals surface area contributed by atoms with E-state index in [0.717, 1.165) is 27.1 Å². The molecular formula is C23H22BrFN6S. The lowest BCUT2D eigenvalue weighted by Crippen LogP contribution is -2.20. The minimum Gasteiger partial charge on any atom is -0.329 e. The van der Waals surface area contributed by atoms with Crippen LogP contribution in [0.1, 0.15) is 22.5 Å². The Hall–Kier alpha value is -3.04. The maximum Gasteiger partial charge on any atom is 0.176 e. The van der Waals surface area contributed by atoms with E-state index in [0.29, 0.717) is 24.0 Å². The number of rotatable bonds is 6. The van der Waals surface area contributed by atoms with Crippen LogP contribution in [0.2, 0.25) is 0 Å². The van der Waals surface area contributed by atoms with Gasteiger partial charge in [0.15, 0.2) is 10.9 Å². The summed E-state index contributed by atoms with van der Waals surface area (Å²) >= 11 is 9.03. The molecule has 32 heavy (non-hydrogen) atoms. The molecule has 0 unspecified atom stereocenters. The number of thiocarbonyl (C=S) groups is 1. The van der Waals surface area contributed by atoms with Crippen LogP contribution in [-0.2, 0) is 13.1 Å². The van der Waals surface area contributed by atoms with Gasteiger partial charge in [-0.3, -0.25) is 9.36 Å². The van der Waals surface area contributed by atoms with Crippen molar-refractivity contribution in [2.24, 2.45) is 0 Å². The molecule has 0 atom stereocenters. The van der Waals surface area contributed by atoms with Gasteiger partial charge in [0.25, 0.3) is 0 Å². The maximum absolute atomic E-state index is 13.1. The van der Waals surface area contributed by atoms with Gasteiger partial charge in [-0.2, -0.15) is 10.2 Å². The highest BCUT2D eigenvalue weighted by Gasteiger charge is 2.15. The quantitative estimate of drug-likeness (QED) is 0.334. The van der Waals surface area contributed by atoms with Crippen LogP contribution in [0.5, 0.6) is 0 Å². The number of anilines is 2. The van der Waals surface area contributed by atoms with Crippen LogP contribution in [0.15, 0.2) is 65.3 Å². The molecule has 9 heteroatoms. The second-order valence-corrected chi connectivity index (χ2v) is 8.68. The lowest BCUT2D eigenvalue weighted by Gasteiger charge is -2.10. The van der Waals surface area contributed by atoms with Crippen molar-refractivity contribution in [2.75, 3.05) is 10.6 Å². The predicted octanol–water partition coefficient (Wildman–Crippen LogP) is 5.50. The van der Waals surface area contributed by atoms with Crippen molar-refractivity contribution in [3.05, 3.63) is 93.6 Å². The van der Waals surface area contributed by atoms with Gasteiger partial charge in [0.1, 0.15) is 5.82 Å². The highest BCUT2D eigenvalue weighted by Crippen LogP contribution is 2.23. The number of halogens is 2. The fourth-order valence-electron chi connectivity index (χ4n) is 3.38. The molecule has 0 saturated heterocycles. The maximum atomic E-state index is 13.1. The Bertz CT molecular complexity index is 1230. The molecule has 0 aliphatic heterocycles. The van der Waals surface area contributed by atoms with E-state index in [1.165, 1.54) is 17.7 Å². The molecule has 164 valence electrons. The molecule has 0 bridgehead atoms. The number of aryl methyl sites for hydroxylation is 1. The summed E-state index contributed by atoms with van der Waals surface area (Å²) in [6, 6.07) is 16.6. The third kappa shape index (κ3) is 5.23. The third-order valence-corrected chi connectivity index (χ3v) is 5.79. The van der Waals surface area contributed by atoms with Gasteiger partial charge in [-0.15, -0.1) is 0 Å². The molecule has 0 spiro atoms. The zero-order valence-corrected chi connectivity index (χ0v) is 20.0. The van der Waals surface area contributed by atoms with Crippen LogP contribution < -0.4 is 10.6 Å². The molecule has 0 saturated carbocycles. The minimum atomic E-state index is -0.258. The van der Waals surface area contributed by atoms with E-state index in [1.54, 1.807) is 16.8 Å².